The molecule has 2 aromatic rings. The average molecular weight is 546 g/mol. The maximum Gasteiger partial charge on any atom is 0.261 e. The number of rotatable bonds is 7. The highest BCUT2D eigenvalue weighted by Crippen LogP contribution is 2.70. The van der Waals surface area contributed by atoms with E-state index in [4.69, 9.17) is 9.15 Å². The smallest absolute Gasteiger partial charge is 0.261 e. The van der Waals surface area contributed by atoms with Crippen molar-refractivity contribution < 1.29 is 23.8 Å². The lowest BCUT2D eigenvalue weighted by Gasteiger charge is -2.63. The van der Waals surface area contributed by atoms with Crippen molar-refractivity contribution in [3.8, 4) is 0 Å². The molecule has 1 N–H and O–H groups in total. The highest BCUT2D eigenvalue weighted by Gasteiger charge is 2.69. The van der Waals surface area contributed by atoms with E-state index in [-0.39, 0.29) is 23.1 Å². The van der Waals surface area contributed by atoms with Gasteiger partial charge in [0, 0.05) is 18.6 Å². The first-order chi connectivity index (χ1) is 19.4. The fourth-order valence-corrected chi connectivity index (χ4v) is 10.4. The molecule has 5 aliphatic rings. The van der Waals surface area contributed by atoms with Crippen LogP contribution in [0.4, 0.5) is 0 Å². The van der Waals surface area contributed by atoms with Gasteiger partial charge in [-0.25, -0.2) is 0 Å². The van der Waals surface area contributed by atoms with E-state index in [0.717, 1.165) is 38.0 Å². The van der Waals surface area contributed by atoms with Crippen LogP contribution in [0.15, 0.2) is 47.3 Å². The van der Waals surface area contributed by atoms with E-state index in [1.807, 2.05) is 6.26 Å². The largest absolute Gasteiger partial charge is 0.472 e. The second kappa shape index (κ2) is 9.84. The van der Waals surface area contributed by atoms with Crippen molar-refractivity contribution in [3.63, 3.8) is 0 Å². The van der Waals surface area contributed by atoms with E-state index in [2.05, 4.69) is 13.0 Å². The fraction of sp³-hybridized carbons (Fsp3) is 0.647. The van der Waals surface area contributed by atoms with Gasteiger partial charge in [0.1, 0.15) is 0 Å². The highest BCUT2D eigenvalue weighted by atomic mass is 16.5. The summed E-state index contributed by atoms with van der Waals surface area (Å²) in [7, 11) is 0. The minimum atomic E-state index is -0.744. The van der Waals surface area contributed by atoms with Crippen LogP contribution in [0.5, 0.6) is 0 Å². The highest BCUT2D eigenvalue weighted by molar-refractivity contribution is 6.21. The molecular weight excluding hydrogens is 502 g/mol. The molecule has 6 heteroatoms. The zero-order valence-corrected chi connectivity index (χ0v) is 23.8. The molecule has 1 aromatic heterocycles. The zero-order chi connectivity index (χ0) is 27.5. The van der Waals surface area contributed by atoms with Crippen LogP contribution in [0, 0.1) is 28.6 Å². The Morgan fingerprint density at radius 1 is 0.950 bits per heavy atom. The molecule has 0 spiro atoms. The minimum Gasteiger partial charge on any atom is -0.472 e. The normalized spacial score (nSPS) is 38.6. The summed E-state index contributed by atoms with van der Waals surface area (Å²) in [6.45, 7) is 3.85. The van der Waals surface area contributed by atoms with Gasteiger partial charge in [-0.1, -0.05) is 31.9 Å². The van der Waals surface area contributed by atoms with E-state index in [1.165, 1.54) is 42.6 Å². The fourth-order valence-electron chi connectivity index (χ4n) is 10.4. The molecule has 0 saturated heterocycles. The summed E-state index contributed by atoms with van der Waals surface area (Å²) in [5, 5.41) is 12.8. The van der Waals surface area contributed by atoms with Gasteiger partial charge in [-0.3, -0.25) is 14.5 Å². The SMILES string of the molecule is C[C@]12CCCC[C@H]1CC[C@@H]1[C@@H]2CC[C@]2(COCCCN3C(=O)c4ccccc4C3=O)[C@@H](c3ccoc3)CC[C@]12O. The molecule has 4 saturated carbocycles. The number of imide groups is 1. The summed E-state index contributed by atoms with van der Waals surface area (Å²) >= 11 is 0. The summed E-state index contributed by atoms with van der Waals surface area (Å²) in [6.07, 6.45) is 15.8. The molecule has 2 amide bonds. The van der Waals surface area contributed by atoms with Crippen LogP contribution >= 0.6 is 0 Å². The van der Waals surface area contributed by atoms with Crippen LogP contribution in [0.3, 0.4) is 0 Å². The number of carbonyl (C=O) groups is 2. The predicted octanol–water partition coefficient (Wildman–Crippen LogP) is 6.59. The molecule has 7 atom stereocenters. The van der Waals surface area contributed by atoms with E-state index in [9.17, 15) is 14.7 Å². The van der Waals surface area contributed by atoms with Crippen LogP contribution < -0.4 is 0 Å². The Kier molecular flexibility index (Phi) is 6.51. The molecule has 0 bridgehead atoms. The molecule has 1 aliphatic heterocycles. The van der Waals surface area contributed by atoms with Gasteiger partial charge < -0.3 is 14.3 Å². The van der Waals surface area contributed by atoms with Crippen molar-refractivity contribution >= 4 is 11.8 Å². The Hall–Kier alpha value is -2.44. The zero-order valence-electron chi connectivity index (χ0n) is 23.8. The first kappa shape index (κ1) is 26.5. The number of amides is 2. The van der Waals surface area contributed by atoms with Gasteiger partial charge in [0.25, 0.3) is 11.8 Å². The molecule has 40 heavy (non-hydrogen) atoms. The van der Waals surface area contributed by atoms with Crippen molar-refractivity contribution in [3.05, 3.63) is 59.5 Å². The molecule has 0 unspecified atom stereocenters. The second-order valence-electron chi connectivity index (χ2n) is 13.7. The number of aliphatic hydroxyl groups is 1. The van der Waals surface area contributed by atoms with Crippen molar-refractivity contribution in [2.75, 3.05) is 19.8 Å². The summed E-state index contributed by atoms with van der Waals surface area (Å²) in [5.41, 5.74) is 1.43. The maximum absolute atomic E-state index is 12.8. The third-order valence-electron chi connectivity index (χ3n) is 12.3. The summed E-state index contributed by atoms with van der Waals surface area (Å²) in [5.74, 6) is 1.50. The van der Waals surface area contributed by atoms with E-state index in [0.29, 0.717) is 54.6 Å². The van der Waals surface area contributed by atoms with Gasteiger partial charge in [-0.15, -0.1) is 0 Å². The Labute approximate surface area is 237 Å². The van der Waals surface area contributed by atoms with Crippen LogP contribution in [0.2, 0.25) is 0 Å². The Morgan fingerprint density at radius 2 is 1.75 bits per heavy atom. The van der Waals surface area contributed by atoms with Gasteiger partial charge in [0.05, 0.1) is 35.9 Å². The van der Waals surface area contributed by atoms with Crippen LogP contribution in [-0.4, -0.2) is 47.2 Å². The Bertz CT molecular complexity index is 1240. The lowest BCUT2D eigenvalue weighted by Crippen LogP contribution is -2.63. The van der Waals surface area contributed by atoms with Crippen molar-refractivity contribution in [1.29, 1.82) is 0 Å². The van der Waals surface area contributed by atoms with Crippen LogP contribution in [0.25, 0.3) is 0 Å². The molecule has 6 nitrogen and oxygen atoms in total. The third kappa shape index (κ3) is 3.74. The second-order valence-corrected chi connectivity index (χ2v) is 13.7. The number of fused-ring (bicyclic) bond motifs is 6. The van der Waals surface area contributed by atoms with Gasteiger partial charge in [0.2, 0.25) is 0 Å². The molecule has 1 aromatic carbocycles. The standard InChI is InChI=1S/C34H43NO5/c1-32-15-5-4-7-24(32)10-11-29-28(32)12-16-33(27(13-17-34(29,33)38)23-14-20-39-21-23)22-40-19-6-18-35-30(36)25-8-2-3-9-26(25)31(35)37/h2-3,8-9,14,20-21,24,27-29,38H,4-7,10-13,15-19,22H2,1H3/t24-,27+,28-,29+,32-,33-,34-/m0/s1. The number of hydrogen-bond acceptors (Lipinski definition) is 5. The predicted molar refractivity (Wildman–Crippen MR) is 151 cm³/mol. The van der Waals surface area contributed by atoms with E-state index >= 15 is 0 Å². The van der Waals surface area contributed by atoms with Crippen molar-refractivity contribution in [1.82, 2.24) is 4.90 Å². The molecule has 2 heterocycles. The Balaban J connectivity index is 1.08. The van der Waals surface area contributed by atoms with Gasteiger partial charge in [-0.05, 0) is 111 Å². The first-order valence-corrected chi connectivity index (χ1v) is 15.7. The monoisotopic (exact) mass is 545 g/mol. The lowest BCUT2D eigenvalue weighted by atomic mass is 9.43. The van der Waals surface area contributed by atoms with Gasteiger partial charge in [-0.2, -0.15) is 0 Å². The molecule has 214 valence electrons. The number of nitrogens with zero attached hydrogens (tertiary/aromatic N) is 1. The van der Waals surface area contributed by atoms with Crippen LogP contribution in [-0.2, 0) is 4.74 Å². The summed E-state index contributed by atoms with van der Waals surface area (Å²) < 4.78 is 12.0. The van der Waals surface area contributed by atoms with E-state index in [1.54, 1.807) is 30.5 Å². The molecule has 4 fully saturated rings. The molecular formula is C34H43NO5. The molecule has 0 radical (unpaired) electrons. The quantitative estimate of drug-likeness (QED) is 0.313. The number of furan rings is 1. The third-order valence-corrected chi connectivity index (χ3v) is 12.3. The minimum absolute atomic E-state index is 0.213. The van der Waals surface area contributed by atoms with Crippen LogP contribution in [0.1, 0.15) is 110 Å². The molecule has 7 rings (SSSR count). The van der Waals surface area contributed by atoms with E-state index < -0.39 is 5.60 Å². The Morgan fingerprint density at radius 3 is 2.50 bits per heavy atom. The van der Waals surface area contributed by atoms with Gasteiger partial charge >= 0.3 is 0 Å². The number of ether oxygens (including phenoxy) is 1. The number of benzene rings is 1. The van der Waals surface area contributed by atoms with Crippen molar-refractivity contribution in [2.24, 2.45) is 28.6 Å². The lowest BCUT2D eigenvalue weighted by molar-refractivity contribution is -0.220. The number of carbonyl (C=O) groups excluding carboxylic acids is 2. The van der Waals surface area contributed by atoms with Gasteiger partial charge in [0.15, 0.2) is 0 Å². The first-order valence-electron chi connectivity index (χ1n) is 15.7. The summed E-state index contributed by atoms with van der Waals surface area (Å²) in [4.78, 5) is 26.9. The number of hydrogen-bond donors (Lipinski definition) is 1. The van der Waals surface area contributed by atoms with Crippen molar-refractivity contribution in [2.45, 2.75) is 89.1 Å². The molecule has 4 aliphatic carbocycles. The topological polar surface area (TPSA) is 80.0 Å². The average Bonchev–Trinajstić information content (AvgIpc) is 3.65. The summed E-state index contributed by atoms with van der Waals surface area (Å²) in [6, 6.07) is 9.11. The maximum atomic E-state index is 12.8.